The molecular weight excluding hydrogens is 228 g/mol. The molecule has 2 aromatic rings. The van der Waals surface area contributed by atoms with E-state index in [0.717, 1.165) is 22.5 Å². The molecule has 0 radical (unpaired) electrons. The Morgan fingerprint density at radius 2 is 2.11 bits per heavy atom. The minimum Gasteiger partial charge on any atom is -0.384 e. The highest BCUT2D eigenvalue weighted by Crippen LogP contribution is 2.28. The molecule has 5 nitrogen and oxygen atoms in total. The molecule has 0 fully saturated rings. The zero-order chi connectivity index (χ0) is 12.7. The van der Waals surface area contributed by atoms with Crippen molar-refractivity contribution >= 4 is 17.4 Å². The van der Waals surface area contributed by atoms with E-state index in [4.69, 9.17) is 5.73 Å². The van der Waals surface area contributed by atoms with E-state index in [1.54, 1.807) is 13.0 Å². The number of aryl methyl sites for hydroxylation is 1. The summed E-state index contributed by atoms with van der Waals surface area (Å²) in [7, 11) is 0. The van der Waals surface area contributed by atoms with Crippen LogP contribution in [0.25, 0.3) is 11.3 Å². The molecule has 0 aliphatic carbocycles. The summed E-state index contributed by atoms with van der Waals surface area (Å²) in [5.74, 6) is 1.12. The number of carbonyl (C=O) groups excluding carboxylic acids is 1. The number of anilines is 2. The highest BCUT2D eigenvalue weighted by Gasteiger charge is 2.18. The average molecular weight is 240 g/mol. The van der Waals surface area contributed by atoms with Crippen LogP contribution in [-0.4, -0.2) is 15.9 Å². The maximum absolute atomic E-state index is 11.3. The molecule has 0 unspecified atom stereocenters. The van der Waals surface area contributed by atoms with E-state index in [2.05, 4.69) is 15.3 Å². The Labute approximate surface area is 104 Å². The van der Waals surface area contributed by atoms with Gasteiger partial charge in [0.25, 0.3) is 0 Å². The summed E-state index contributed by atoms with van der Waals surface area (Å²) < 4.78 is 0. The third-order valence-corrected chi connectivity index (χ3v) is 2.88. The maximum atomic E-state index is 11.3. The molecule has 1 aromatic carbocycles. The first-order valence-electron chi connectivity index (χ1n) is 5.66. The Kier molecular flexibility index (Phi) is 2.26. The summed E-state index contributed by atoms with van der Waals surface area (Å²) in [6.07, 6.45) is 0.419. The minimum absolute atomic E-state index is 0.0283. The number of rotatable bonds is 1. The molecule has 1 aliphatic heterocycles. The number of hydrogen-bond donors (Lipinski definition) is 2. The van der Waals surface area contributed by atoms with Gasteiger partial charge in [-0.25, -0.2) is 9.97 Å². The first-order chi connectivity index (χ1) is 8.61. The van der Waals surface area contributed by atoms with Gasteiger partial charge < -0.3 is 11.1 Å². The molecule has 3 N–H and O–H groups in total. The van der Waals surface area contributed by atoms with Crippen molar-refractivity contribution < 1.29 is 4.79 Å². The topological polar surface area (TPSA) is 80.9 Å². The smallest absolute Gasteiger partial charge is 0.228 e. The number of aromatic nitrogens is 2. The van der Waals surface area contributed by atoms with Gasteiger partial charge in [0.2, 0.25) is 5.91 Å². The number of benzene rings is 1. The van der Waals surface area contributed by atoms with E-state index in [1.807, 2.05) is 18.2 Å². The maximum Gasteiger partial charge on any atom is 0.228 e. The third-order valence-electron chi connectivity index (χ3n) is 2.88. The molecule has 5 heteroatoms. The lowest BCUT2D eigenvalue weighted by Gasteiger charge is -2.05. The highest BCUT2D eigenvalue weighted by atomic mass is 16.1. The van der Waals surface area contributed by atoms with Crippen molar-refractivity contribution in [2.24, 2.45) is 0 Å². The van der Waals surface area contributed by atoms with Crippen LogP contribution in [0.4, 0.5) is 11.5 Å². The fourth-order valence-electron chi connectivity index (χ4n) is 2.13. The second kappa shape index (κ2) is 3.80. The largest absolute Gasteiger partial charge is 0.384 e. The summed E-state index contributed by atoms with van der Waals surface area (Å²) in [4.78, 5) is 19.7. The van der Waals surface area contributed by atoms with Crippen LogP contribution >= 0.6 is 0 Å². The molecule has 1 aliphatic rings. The number of amides is 1. The number of nitrogens with two attached hydrogens (primary N) is 1. The van der Waals surface area contributed by atoms with E-state index >= 15 is 0 Å². The number of carbonyl (C=O) groups is 1. The van der Waals surface area contributed by atoms with Gasteiger partial charge in [0.1, 0.15) is 11.6 Å². The molecule has 0 saturated heterocycles. The summed E-state index contributed by atoms with van der Waals surface area (Å²) in [6.45, 7) is 1.80. The molecule has 2 heterocycles. The van der Waals surface area contributed by atoms with Crippen LogP contribution in [0.3, 0.4) is 0 Å². The summed E-state index contributed by atoms with van der Waals surface area (Å²) in [5.41, 5.74) is 9.31. The van der Waals surface area contributed by atoms with Gasteiger partial charge in [-0.2, -0.15) is 0 Å². The van der Waals surface area contributed by atoms with Crippen molar-refractivity contribution in [1.82, 2.24) is 9.97 Å². The van der Waals surface area contributed by atoms with Gasteiger partial charge in [-0.1, -0.05) is 6.07 Å². The second-order valence-electron chi connectivity index (χ2n) is 4.32. The van der Waals surface area contributed by atoms with Gasteiger partial charge >= 0.3 is 0 Å². The van der Waals surface area contributed by atoms with Crippen molar-refractivity contribution in [2.75, 3.05) is 11.1 Å². The van der Waals surface area contributed by atoms with Gasteiger partial charge in [-0.05, 0) is 24.6 Å². The van der Waals surface area contributed by atoms with E-state index in [-0.39, 0.29) is 5.91 Å². The predicted molar refractivity (Wildman–Crippen MR) is 69.0 cm³/mol. The molecule has 0 bridgehead atoms. The van der Waals surface area contributed by atoms with E-state index in [1.165, 1.54) is 0 Å². The van der Waals surface area contributed by atoms with Crippen molar-refractivity contribution in [3.05, 3.63) is 35.7 Å². The Bertz CT molecular complexity index is 631. The predicted octanol–water partition coefficient (Wildman–Crippen LogP) is 1.53. The number of nitrogens with one attached hydrogen (secondary N) is 1. The van der Waals surface area contributed by atoms with Crippen molar-refractivity contribution in [3.8, 4) is 11.3 Å². The molecule has 3 rings (SSSR count). The van der Waals surface area contributed by atoms with Gasteiger partial charge in [0.05, 0.1) is 12.1 Å². The fourth-order valence-corrected chi connectivity index (χ4v) is 2.13. The number of nitrogens with zero attached hydrogens (tertiary/aromatic N) is 2. The number of nitrogen functional groups attached to an aromatic ring is 1. The summed E-state index contributed by atoms with van der Waals surface area (Å²) in [6, 6.07) is 7.52. The minimum atomic E-state index is 0.0283. The van der Waals surface area contributed by atoms with Crippen LogP contribution in [0.1, 0.15) is 11.4 Å². The first-order valence-corrected chi connectivity index (χ1v) is 5.66. The Morgan fingerprint density at radius 3 is 2.89 bits per heavy atom. The Morgan fingerprint density at radius 1 is 1.28 bits per heavy atom. The third kappa shape index (κ3) is 1.79. The van der Waals surface area contributed by atoms with Crippen LogP contribution in [0.5, 0.6) is 0 Å². The quantitative estimate of drug-likeness (QED) is 0.792. The molecule has 90 valence electrons. The first kappa shape index (κ1) is 10.7. The van der Waals surface area contributed by atoms with Crippen molar-refractivity contribution in [3.63, 3.8) is 0 Å². The zero-order valence-electron chi connectivity index (χ0n) is 9.90. The van der Waals surface area contributed by atoms with Gasteiger partial charge in [0.15, 0.2) is 0 Å². The standard InChI is InChI=1S/C13H12N4O/c1-7-15-11(6-12(14)16-7)8-2-3-10-9(4-8)5-13(18)17-10/h2-4,6H,5H2,1H3,(H,17,18)(H2,14,15,16). The second-order valence-corrected chi connectivity index (χ2v) is 4.32. The Hall–Kier alpha value is -2.43. The van der Waals surface area contributed by atoms with E-state index < -0.39 is 0 Å². The molecule has 1 aromatic heterocycles. The van der Waals surface area contributed by atoms with Gasteiger partial charge in [0, 0.05) is 17.3 Å². The number of fused-ring (bicyclic) bond motifs is 1. The molecule has 18 heavy (non-hydrogen) atoms. The highest BCUT2D eigenvalue weighted by molar-refractivity contribution is 5.99. The molecule has 0 saturated carbocycles. The molecule has 0 atom stereocenters. The molecule has 1 amide bonds. The Balaban J connectivity index is 2.08. The number of hydrogen-bond acceptors (Lipinski definition) is 4. The van der Waals surface area contributed by atoms with Gasteiger partial charge in [-0.15, -0.1) is 0 Å². The van der Waals surface area contributed by atoms with Crippen molar-refractivity contribution in [2.45, 2.75) is 13.3 Å². The molecule has 0 spiro atoms. The van der Waals surface area contributed by atoms with E-state index in [9.17, 15) is 4.79 Å². The summed E-state index contributed by atoms with van der Waals surface area (Å²) >= 11 is 0. The average Bonchev–Trinajstić information content (AvgIpc) is 2.66. The lowest BCUT2D eigenvalue weighted by molar-refractivity contribution is -0.115. The van der Waals surface area contributed by atoms with Crippen LogP contribution in [0.2, 0.25) is 0 Å². The van der Waals surface area contributed by atoms with E-state index in [0.29, 0.717) is 18.1 Å². The van der Waals surface area contributed by atoms with Crippen LogP contribution in [0, 0.1) is 6.92 Å². The lowest BCUT2D eigenvalue weighted by Crippen LogP contribution is -2.03. The van der Waals surface area contributed by atoms with Crippen LogP contribution in [0.15, 0.2) is 24.3 Å². The monoisotopic (exact) mass is 240 g/mol. The van der Waals surface area contributed by atoms with Gasteiger partial charge in [-0.3, -0.25) is 4.79 Å². The zero-order valence-corrected chi connectivity index (χ0v) is 9.90. The molecular formula is C13H12N4O. The SMILES string of the molecule is Cc1nc(N)cc(-c2ccc3c(c2)CC(=O)N3)n1. The fraction of sp³-hybridized carbons (Fsp3) is 0.154. The van der Waals surface area contributed by atoms with Crippen LogP contribution in [-0.2, 0) is 11.2 Å². The summed E-state index contributed by atoms with van der Waals surface area (Å²) in [5, 5.41) is 2.80. The van der Waals surface area contributed by atoms with Crippen molar-refractivity contribution in [1.29, 1.82) is 0 Å². The van der Waals surface area contributed by atoms with Crippen LogP contribution < -0.4 is 11.1 Å². The lowest BCUT2D eigenvalue weighted by atomic mass is 10.1. The normalized spacial score (nSPS) is 13.3.